The van der Waals surface area contributed by atoms with E-state index < -0.39 is 0 Å². The highest BCUT2D eigenvalue weighted by Crippen LogP contribution is 2.22. The van der Waals surface area contributed by atoms with E-state index >= 15 is 0 Å². The Balaban J connectivity index is 1.51. The quantitative estimate of drug-likeness (QED) is 0.450. The van der Waals surface area contributed by atoms with E-state index in [0.29, 0.717) is 21.3 Å². The Bertz CT molecular complexity index is 1000. The maximum Gasteiger partial charge on any atom is 0.251 e. The molecule has 0 aliphatic carbocycles. The van der Waals surface area contributed by atoms with Gasteiger partial charge in [0.05, 0.1) is 12.6 Å². The van der Waals surface area contributed by atoms with Crippen LogP contribution in [-0.2, 0) is 4.79 Å². The van der Waals surface area contributed by atoms with Crippen molar-refractivity contribution in [3.05, 3.63) is 94.0 Å². The van der Waals surface area contributed by atoms with Crippen LogP contribution in [0.15, 0.2) is 72.8 Å². The van der Waals surface area contributed by atoms with Crippen molar-refractivity contribution in [3.8, 4) is 0 Å². The summed E-state index contributed by atoms with van der Waals surface area (Å²) in [7, 11) is 0. The van der Waals surface area contributed by atoms with E-state index in [2.05, 4.69) is 16.0 Å². The average Bonchev–Trinajstić information content (AvgIpc) is 2.72. The molecule has 0 saturated carbocycles. The van der Waals surface area contributed by atoms with Crippen LogP contribution in [0.3, 0.4) is 0 Å². The van der Waals surface area contributed by atoms with Crippen LogP contribution in [0.4, 0.5) is 11.4 Å². The number of hydrogen-bond donors (Lipinski definition) is 3. The predicted octanol–water partition coefficient (Wildman–Crippen LogP) is 5.54. The molecule has 0 aliphatic rings. The minimum Gasteiger partial charge on any atom is -0.376 e. The second kappa shape index (κ2) is 10.1. The summed E-state index contributed by atoms with van der Waals surface area (Å²) in [6.07, 6.45) is 0. The lowest BCUT2D eigenvalue weighted by Crippen LogP contribution is -2.26. The summed E-state index contributed by atoms with van der Waals surface area (Å²) in [4.78, 5) is 24.6. The first-order valence-corrected chi connectivity index (χ1v) is 10.1. The third-order valence-electron chi connectivity index (χ3n) is 4.39. The van der Waals surface area contributed by atoms with Crippen LogP contribution in [0.5, 0.6) is 0 Å². The van der Waals surface area contributed by atoms with E-state index in [9.17, 15) is 9.59 Å². The summed E-state index contributed by atoms with van der Waals surface area (Å²) in [6.45, 7) is 2.00. The Labute approximate surface area is 185 Å². The van der Waals surface area contributed by atoms with Crippen molar-refractivity contribution in [1.82, 2.24) is 5.32 Å². The van der Waals surface area contributed by atoms with Gasteiger partial charge in [-0.05, 0) is 55.0 Å². The van der Waals surface area contributed by atoms with Gasteiger partial charge in [-0.3, -0.25) is 9.59 Å². The fourth-order valence-corrected chi connectivity index (χ4v) is 3.38. The molecule has 0 heterocycles. The normalized spacial score (nSPS) is 11.4. The lowest BCUT2D eigenvalue weighted by atomic mass is 10.1. The summed E-state index contributed by atoms with van der Waals surface area (Å²) in [5, 5.41) is 9.61. The van der Waals surface area contributed by atoms with Crippen molar-refractivity contribution in [3.63, 3.8) is 0 Å². The topological polar surface area (TPSA) is 70.2 Å². The number of benzene rings is 3. The van der Waals surface area contributed by atoms with Crippen LogP contribution in [-0.4, -0.2) is 18.4 Å². The van der Waals surface area contributed by atoms with Gasteiger partial charge in [0.25, 0.3) is 5.91 Å². The zero-order chi connectivity index (χ0) is 21.5. The lowest BCUT2D eigenvalue weighted by molar-refractivity contribution is -0.114. The van der Waals surface area contributed by atoms with E-state index in [1.807, 2.05) is 37.3 Å². The first-order chi connectivity index (χ1) is 14.4. The van der Waals surface area contributed by atoms with Gasteiger partial charge in [-0.1, -0.05) is 53.5 Å². The first-order valence-electron chi connectivity index (χ1n) is 9.36. The molecular formula is C23H21Cl2N3O2. The van der Waals surface area contributed by atoms with Gasteiger partial charge in [0.1, 0.15) is 0 Å². The number of halogens is 2. The average molecular weight is 442 g/mol. The van der Waals surface area contributed by atoms with Gasteiger partial charge in [-0.15, -0.1) is 0 Å². The second-order valence-corrected chi connectivity index (χ2v) is 7.62. The molecule has 3 rings (SSSR count). The Morgan fingerprint density at radius 3 is 2.13 bits per heavy atom. The van der Waals surface area contributed by atoms with Crippen molar-refractivity contribution in [2.45, 2.75) is 13.0 Å². The number of hydrogen-bond acceptors (Lipinski definition) is 3. The molecule has 2 amide bonds. The van der Waals surface area contributed by atoms with Gasteiger partial charge < -0.3 is 16.0 Å². The molecule has 0 aromatic heterocycles. The van der Waals surface area contributed by atoms with Gasteiger partial charge in [0.15, 0.2) is 0 Å². The molecule has 1 unspecified atom stereocenters. The van der Waals surface area contributed by atoms with Crippen LogP contribution in [0, 0.1) is 0 Å². The number of amides is 2. The fourth-order valence-electron chi connectivity index (χ4n) is 2.86. The standard InChI is InChI=1S/C23H21Cl2N3O2/c1-15(16-5-3-2-4-6-16)27-23(30)17-7-9-20(10-8-17)26-14-22(29)28-21-12-18(24)11-19(25)13-21/h2-13,15,26H,14H2,1H3,(H,27,30)(H,28,29). The Kier molecular flexibility index (Phi) is 7.33. The number of anilines is 2. The zero-order valence-corrected chi connectivity index (χ0v) is 17.8. The van der Waals surface area contributed by atoms with E-state index in [1.54, 1.807) is 42.5 Å². The van der Waals surface area contributed by atoms with Crippen molar-refractivity contribution >= 4 is 46.4 Å². The molecule has 5 nitrogen and oxygen atoms in total. The summed E-state index contributed by atoms with van der Waals surface area (Å²) < 4.78 is 0. The zero-order valence-electron chi connectivity index (χ0n) is 16.3. The van der Waals surface area contributed by atoms with Gasteiger partial charge in [0.2, 0.25) is 5.91 Å². The first kappa shape index (κ1) is 21.7. The highest BCUT2D eigenvalue weighted by Gasteiger charge is 2.11. The predicted molar refractivity (Wildman–Crippen MR) is 122 cm³/mol. The number of carbonyl (C=O) groups is 2. The highest BCUT2D eigenvalue weighted by molar-refractivity contribution is 6.35. The maximum atomic E-state index is 12.4. The van der Waals surface area contributed by atoms with E-state index in [-0.39, 0.29) is 24.4 Å². The third-order valence-corrected chi connectivity index (χ3v) is 4.83. The molecule has 3 aromatic rings. The molecule has 1 atom stereocenters. The summed E-state index contributed by atoms with van der Waals surface area (Å²) in [5.41, 5.74) is 2.83. The second-order valence-electron chi connectivity index (χ2n) is 6.74. The maximum absolute atomic E-state index is 12.4. The van der Waals surface area contributed by atoms with Gasteiger partial charge >= 0.3 is 0 Å². The van der Waals surface area contributed by atoms with Crippen LogP contribution >= 0.6 is 23.2 Å². The Hall–Kier alpha value is -3.02. The summed E-state index contributed by atoms with van der Waals surface area (Å²) in [5.74, 6) is -0.402. The molecule has 0 bridgehead atoms. The molecule has 0 saturated heterocycles. The third kappa shape index (κ3) is 6.24. The van der Waals surface area contributed by atoms with Crippen LogP contribution in [0.25, 0.3) is 0 Å². The van der Waals surface area contributed by atoms with Crippen molar-refractivity contribution in [1.29, 1.82) is 0 Å². The monoisotopic (exact) mass is 441 g/mol. The van der Waals surface area contributed by atoms with E-state index in [1.165, 1.54) is 0 Å². The van der Waals surface area contributed by atoms with Crippen molar-refractivity contribution in [2.24, 2.45) is 0 Å². The Morgan fingerprint density at radius 2 is 1.50 bits per heavy atom. The molecule has 7 heteroatoms. The molecule has 0 aliphatic heterocycles. The molecule has 0 spiro atoms. The van der Waals surface area contributed by atoms with Gasteiger partial charge in [-0.25, -0.2) is 0 Å². The molecular weight excluding hydrogens is 421 g/mol. The molecule has 0 radical (unpaired) electrons. The van der Waals surface area contributed by atoms with Crippen molar-refractivity contribution < 1.29 is 9.59 Å². The van der Waals surface area contributed by atoms with E-state index in [0.717, 1.165) is 11.3 Å². The number of carbonyl (C=O) groups excluding carboxylic acids is 2. The minimum absolute atomic E-state index is 0.0563. The fraction of sp³-hybridized carbons (Fsp3) is 0.130. The SMILES string of the molecule is CC(NC(=O)c1ccc(NCC(=O)Nc2cc(Cl)cc(Cl)c2)cc1)c1ccccc1. The smallest absolute Gasteiger partial charge is 0.251 e. The largest absolute Gasteiger partial charge is 0.376 e. The lowest BCUT2D eigenvalue weighted by Gasteiger charge is -2.14. The molecule has 0 fully saturated rings. The molecule has 3 N–H and O–H groups in total. The number of nitrogens with one attached hydrogen (secondary N) is 3. The Morgan fingerprint density at radius 1 is 0.867 bits per heavy atom. The van der Waals surface area contributed by atoms with Gasteiger partial charge in [0, 0.05) is 27.0 Å². The summed E-state index contributed by atoms with van der Waals surface area (Å²) in [6, 6.07) is 21.4. The summed E-state index contributed by atoms with van der Waals surface area (Å²) >= 11 is 11.9. The minimum atomic E-state index is -0.244. The van der Waals surface area contributed by atoms with Gasteiger partial charge in [-0.2, -0.15) is 0 Å². The molecule has 154 valence electrons. The van der Waals surface area contributed by atoms with Crippen LogP contribution in [0.1, 0.15) is 28.9 Å². The van der Waals surface area contributed by atoms with E-state index in [4.69, 9.17) is 23.2 Å². The van der Waals surface area contributed by atoms with Crippen LogP contribution < -0.4 is 16.0 Å². The highest BCUT2D eigenvalue weighted by atomic mass is 35.5. The van der Waals surface area contributed by atoms with Crippen LogP contribution in [0.2, 0.25) is 10.0 Å². The van der Waals surface area contributed by atoms with Crippen molar-refractivity contribution in [2.75, 3.05) is 17.2 Å². The molecule has 30 heavy (non-hydrogen) atoms. The number of rotatable bonds is 7. The molecule has 3 aromatic carbocycles.